The molecule has 0 aliphatic carbocycles. The van der Waals surface area contributed by atoms with E-state index in [1.54, 1.807) is 0 Å². The maximum atomic E-state index is 13.4. The van der Waals surface area contributed by atoms with E-state index in [1.807, 2.05) is 0 Å². The third kappa shape index (κ3) is 2.86. The maximum Gasteiger partial charge on any atom is 0.237 e. The van der Waals surface area contributed by atoms with Gasteiger partial charge in [0.15, 0.2) is 5.78 Å². The molecule has 6 heteroatoms. The van der Waals surface area contributed by atoms with E-state index in [-0.39, 0.29) is 17.0 Å². The van der Waals surface area contributed by atoms with Gasteiger partial charge in [-0.1, -0.05) is 6.07 Å². The highest BCUT2D eigenvalue weighted by molar-refractivity contribution is 6.10. The molecule has 1 aromatic carbocycles. The van der Waals surface area contributed by atoms with E-state index in [9.17, 15) is 9.18 Å². The summed E-state index contributed by atoms with van der Waals surface area (Å²) < 4.78 is 13.4. The van der Waals surface area contributed by atoms with Gasteiger partial charge in [0.05, 0.1) is 0 Å². The van der Waals surface area contributed by atoms with E-state index in [2.05, 4.69) is 10.5 Å². The predicted octanol–water partition coefficient (Wildman–Crippen LogP) is 1.84. The molecule has 0 saturated heterocycles. The number of para-hydroxylation sites is 1. The van der Waals surface area contributed by atoms with Gasteiger partial charge in [-0.2, -0.15) is 15.6 Å². The third-order valence-electron chi connectivity index (χ3n) is 1.88. The lowest BCUT2D eigenvalue weighted by atomic mass is 10.1. The summed E-state index contributed by atoms with van der Waals surface area (Å²) in [6.07, 6.45) is 0. The topological polar surface area (TPSA) is 89.0 Å². The van der Waals surface area contributed by atoms with Crippen LogP contribution in [0.1, 0.15) is 17.3 Å². The number of rotatable bonds is 3. The molecule has 5 nitrogen and oxygen atoms in total. The van der Waals surface area contributed by atoms with E-state index < -0.39 is 11.5 Å². The number of benzene rings is 1. The summed E-state index contributed by atoms with van der Waals surface area (Å²) in [6.45, 7) is 1.28. The normalized spacial score (nSPS) is 8.71. The molecule has 1 aromatic rings. The molecule has 0 heterocycles. The van der Waals surface area contributed by atoms with Crippen molar-refractivity contribution in [2.45, 2.75) is 6.92 Å². The van der Waals surface area contributed by atoms with Crippen LogP contribution in [0.15, 0.2) is 23.3 Å². The molecule has 0 radical (unpaired) electrons. The predicted molar refractivity (Wildman–Crippen MR) is 58.7 cm³/mol. The number of nitriles is 2. The minimum atomic E-state index is -0.684. The van der Waals surface area contributed by atoms with Crippen LogP contribution in [0.25, 0.3) is 0 Å². The van der Waals surface area contributed by atoms with Crippen LogP contribution in [0.4, 0.5) is 10.1 Å². The third-order valence-corrected chi connectivity index (χ3v) is 1.88. The number of hydrogen-bond donors (Lipinski definition) is 1. The molecule has 0 saturated carbocycles. The van der Waals surface area contributed by atoms with Gasteiger partial charge in [-0.25, -0.2) is 4.39 Å². The van der Waals surface area contributed by atoms with E-state index >= 15 is 0 Å². The quantitative estimate of drug-likeness (QED) is 0.487. The van der Waals surface area contributed by atoms with Crippen molar-refractivity contribution in [3.8, 4) is 12.1 Å². The van der Waals surface area contributed by atoms with Gasteiger partial charge in [-0.15, -0.1) is 0 Å². The molecule has 1 N–H and O–H groups in total. The maximum absolute atomic E-state index is 13.4. The van der Waals surface area contributed by atoms with Crippen LogP contribution < -0.4 is 5.43 Å². The molecular formula is C11H7FN4O. The number of hydrazone groups is 1. The van der Waals surface area contributed by atoms with Crippen LogP contribution in [0, 0.1) is 28.5 Å². The Morgan fingerprint density at radius 2 is 2.06 bits per heavy atom. The zero-order chi connectivity index (χ0) is 12.8. The van der Waals surface area contributed by atoms with Gasteiger partial charge in [0.25, 0.3) is 0 Å². The first-order chi connectivity index (χ1) is 8.10. The van der Waals surface area contributed by atoms with Crippen molar-refractivity contribution in [3.05, 3.63) is 29.6 Å². The molecule has 17 heavy (non-hydrogen) atoms. The first-order valence-electron chi connectivity index (χ1n) is 4.53. The van der Waals surface area contributed by atoms with Crippen LogP contribution in [-0.2, 0) is 0 Å². The lowest BCUT2D eigenvalue weighted by Crippen LogP contribution is -2.04. The molecule has 0 spiro atoms. The van der Waals surface area contributed by atoms with Crippen LogP contribution in [-0.4, -0.2) is 11.5 Å². The minimum absolute atomic E-state index is 0.101. The van der Waals surface area contributed by atoms with Gasteiger partial charge < -0.3 is 0 Å². The summed E-state index contributed by atoms with van der Waals surface area (Å²) >= 11 is 0. The summed E-state index contributed by atoms with van der Waals surface area (Å²) in [7, 11) is 0. The Hall–Kier alpha value is -2.73. The molecule has 84 valence electrons. The zero-order valence-electron chi connectivity index (χ0n) is 8.86. The highest BCUT2D eigenvalue weighted by Gasteiger charge is 2.11. The van der Waals surface area contributed by atoms with Crippen LogP contribution in [0.5, 0.6) is 0 Å². The Bertz CT molecular complexity index is 550. The van der Waals surface area contributed by atoms with Crippen molar-refractivity contribution in [1.82, 2.24) is 0 Å². The van der Waals surface area contributed by atoms with Gasteiger partial charge in [0.2, 0.25) is 5.71 Å². The van der Waals surface area contributed by atoms with E-state index in [1.165, 1.54) is 31.2 Å². The Balaban J connectivity index is 3.16. The lowest BCUT2D eigenvalue weighted by Gasteiger charge is -2.06. The van der Waals surface area contributed by atoms with Gasteiger partial charge in [0.1, 0.15) is 23.6 Å². The molecule has 0 amide bonds. The van der Waals surface area contributed by atoms with Crippen molar-refractivity contribution < 1.29 is 9.18 Å². The summed E-state index contributed by atoms with van der Waals surface area (Å²) in [5.41, 5.74) is 1.71. The summed E-state index contributed by atoms with van der Waals surface area (Å²) in [6, 6.07) is 6.96. The van der Waals surface area contributed by atoms with E-state index in [4.69, 9.17) is 10.5 Å². The van der Waals surface area contributed by atoms with Crippen LogP contribution in [0.2, 0.25) is 0 Å². The molecule has 0 atom stereocenters. The number of carbonyl (C=O) groups is 1. The Morgan fingerprint density at radius 1 is 1.41 bits per heavy atom. The Kier molecular flexibility index (Phi) is 3.91. The van der Waals surface area contributed by atoms with Gasteiger partial charge in [-0.05, 0) is 19.1 Å². The van der Waals surface area contributed by atoms with E-state index in [0.717, 1.165) is 6.07 Å². The summed E-state index contributed by atoms with van der Waals surface area (Å²) in [5, 5.41) is 20.3. The standard InChI is InChI=1S/C11H7FN4O/c1-7(17)9-3-2-4-10(12)11(9)16-15-8(5-13)6-14/h2-4,16H,1H3. The number of nitrogens with one attached hydrogen (secondary N) is 1. The smallest absolute Gasteiger partial charge is 0.237 e. The molecule has 0 bridgehead atoms. The summed E-state index contributed by atoms with van der Waals surface area (Å²) in [5.74, 6) is -1.03. The Morgan fingerprint density at radius 3 is 2.59 bits per heavy atom. The second-order valence-corrected chi connectivity index (χ2v) is 3.01. The molecule has 0 aliphatic heterocycles. The average molecular weight is 230 g/mol. The number of ketones is 1. The largest absolute Gasteiger partial charge is 0.294 e. The number of carbonyl (C=O) groups excluding carboxylic acids is 1. The minimum Gasteiger partial charge on any atom is -0.294 e. The average Bonchev–Trinajstić information content (AvgIpc) is 2.31. The van der Waals surface area contributed by atoms with Gasteiger partial charge in [0, 0.05) is 5.56 Å². The first kappa shape index (κ1) is 12.3. The van der Waals surface area contributed by atoms with Gasteiger partial charge in [-0.3, -0.25) is 10.2 Å². The van der Waals surface area contributed by atoms with Crippen molar-refractivity contribution in [2.75, 3.05) is 5.43 Å². The monoisotopic (exact) mass is 230 g/mol. The fourth-order valence-electron chi connectivity index (χ4n) is 1.12. The van der Waals surface area contributed by atoms with Gasteiger partial charge >= 0.3 is 0 Å². The van der Waals surface area contributed by atoms with Crippen LogP contribution in [0.3, 0.4) is 0 Å². The summed E-state index contributed by atoms with van der Waals surface area (Å²) in [4.78, 5) is 11.2. The van der Waals surface area contributed by atoms with Crippen molar-refractivity contribution >= 4 is 17.2 Å². The second kappa shape index (κ2) is 5.38. The SMILES string of the molecule is CC(=O)c1cccc(F)c1NN=C(C#N)C#N. The number of halogens is 1. The highest BCUT2D eigenvalue weighted by Crippen LogP contribution is 2.20. The molecule has 0 fully saturated rings. The van der Waals surface area contributed by atoms with Crippen molar-refractivity contribution in [1.29, 1.82) is 10.5 Å². The fourth-order valence-corrected chi connectivity index (χ4v) is 1.12. The molecule has 0 unspecified atom stereocenters. The molecule has 0 aliphatic rings. The van der Waals surface area contributed by atoms with E-state index in [0.29, 0.717) is 0 Å². The fraction of sp³-hybridized carbons (Fsp3) is 0.0909. The molecule has 0 aromatic heterocycles. The number of Topliss-reactive ketones (excluding diaryl/α,β-unsaturated/α-hetero) is 1. The Labute approximate surface area is 96.8 Å². The molecular weight excluding hydrogens is 223 g/mol. The lowest BCUT2D eigenvalue weighted by molar-refractivity contribution is 0.101. The highest BCUT2D eigenvalue weighted by atomic mass is 19.1. The second-order valence-electron chi connectivity index (χ2n) is 3.01. The number of anilines is 1. The number of nitrogens with zero attached hydrogens (tertiary/aromatic N) is 3. The first-order valence-corrected chi connectivity index (χ1v) is 4.53. The van der Waals surface area contributed by atoms with Crippen LogP contribution >= 0.6 is 0 Å². The van der Waals surface area contributed by atoms with Crippen molar-refractivity contribution in [2.24, 2.45) is 5.10 Å². The zero-order valence-corrected chi connectivity index (χ0v) is 8.86. The number of hydrogen-bond acceptors (Lipinski definition) is 5. The molecule has 1 rings (SSSR count). The van der Waals surface area contributed by atoms with Crippen molar-refractivity contribution in [3.63, 3.8) is 0 Å².